The maximum absolute atomic E-state index is 2.52. The Morgan fingerprint density at radius 2 is 0.692 bits per heavy atom. The fourth-order valence-electron chi connectivity index (χ4n) is 13.3. The van der Waals surface area contributed by atoms with Gasteiger partial charge in [-0.1, -0.05) is 243 Å². The van der Waals surface area contributed by atoms with Crippen molar-refractivity contribution in [3.63, 3.8) is 0 Å². The van der Waals surface area contributed by atoms with Gasteiger partial charge in [-0.3, -0.25) is 0 Å². The Labute approximate surface area is 458 Å². The number of allylic oxidation sites excluding steroid dienone is 3. The summed E-state index contributed by atoms with van der Waals surface area (Å²) < 4.78 is 0. The van der Waals surface area contributed by atoms with Gasteiger partial charge in [0.05, 0.1) is 10.8 Å². The van der Waals surface area contributed by atoms with Gasteiger partial charge in [0.15, 0.2) is 0 Å². The van der Waals surface area contributed by atoms with Gasteiger partial charge in [-0.15, -0.1) is 0 Å². The van der Waals surface area contributed by atoms with Crippen molar-refractivity contribution in [3.05, 3.63) is 376 Å². The van der Waals surface area contributed by atoms with Crippen molar-refractivity contribution >= 4 is 40.6 Å². The summed E-state index contributed by atoms with van der Waals surface area (Å²) >= 11 is 0. The molecule has 0 saturated carbocycles. The number of hydrogen-bond acceptors (Lipinski definition) is 2. The predicted octanol–water partition coefficient (Wildman–Crippen LogP) is 19.2. The van der Waals surface area contributed by atoms with Gasteiger partial charge in [0, 0.05) is 40.1 Å². The average Bonchev–Trinajstić information content (AvgIpc) is 3.97. The van der Waals surface area contributed by atoms with Gasteiger partial charge in [0.2, 0.25) is 0 Å². The summed E-state index contributed by atoms with van der Waals surface area (Å²) in [5, 5.41) is 0. The number of nitrogens with zero attached hydrogens (tertiary/aromatic N) is 2. The van der Waals surface area contributed by atoms with E-state index in [1.165, 1.54) is 72.5 Å². The van der Waals surface area contributed by atoms with Crippen LogP contribution in [0, 0.1) is 0 Å². The fourth-order valence-corrected chi connectivity index (χ4v) is 13.3. The lowest BCUT2D eigenvalue weighted by Gasteiger charge is -2.38. The molecule has 11 aromatic rings. The molecule has 0 bridgehead atoms. The van der Waals surface area contributed by atoms with Crippen molar-refractivity contribution in [1.82, 2.24) is 0 Å². The molecule has 0 fully saturated rings. The van der Waals surface area contributed by atoms with E-state index in [0.717, 1.165) is 40.4 Å². The number of para-hydroxylation sites is 4. The minimum atomic E-state index is -0.599. The molecule has 0 spiro atoms. The Balaban J connectivity index is 0.913. The first kappa shape index (κ1) is 46.7. The van der Waals surface area contributed by atoms with Crippen molar-refractivity contribution in [2.75, 3.05) is 9.80 Å². The maximum Gasteiger partial charge on any atom is 0.0714 e. The first-order valence-electron chi connectivity index (χ1n) is 27.3. The second kappa shape index (κ2) is 19.7. The minimum absolute atomic E-state index is 0.200. The van der Waals surface area contributed by atoms with Crippen LogP contribution in [0.2, 0.25) is 0 Å². The van der Waals surface area contributed by atoms with E-state index < -0.39 is 10.8 Å². The van der Waals surface area contributed by atoms with Crippen LogP contribution in [0.3, 0.4) is 0 Å². The third-order valence-corrected chi connectivity index (χ3v) is 16.5. The van der Waals surface area contributed by atoms with Gasteiger partial charge < -0.3 is 9.80 Å². The Morgan fingerprint density at radius 3 is 1.15 bits per heavy atom. The topological polar surface area (TPSA) is 6.48 Å². The van der Waals surface area contributed by atoms with Gasteiger partial charge in [-0.25, -0.2) is 0 Å². The Kier molecular flexibility index (Phi) is 11.8. The zero-order chi connectivity index (χ0) is 51.9. The molecule has 370 valence electrons. The molecule has 14 rings (SSSR count). The molecule has 0 saturated heterocycles. The highest BCUT2D eigenvalue weighted by molar-refractivity contribution is 5.91. The van der Waals surface area contributed by atoms with Crippen LogP contribution < -0.4 is 9.80 Å². The van der Waals surface area contributed by atoms with Gasteiger partial charge in [0.1, 0.15) is 0 Å². The molecule has 2 nitrogen and oxygen atoms in total. The summed E-state index contributed by atoms with van der Waals surface area (Å²) in [6, 6.07) is 109. The number of rotatable bonds is 12. The first-order valence-corrected chi connectivity index (χ1v) is 27.3. The molecule has 2 heteroatoms. The van der Waals surface area contributed by atoms with Crippen LogP contribution in [-0.2, 0) is 10.8 Å². The molecule has 0 radical (unpaired) electrons. The molecule has 11 aromatic carbocycles. The summed E-state index contributed by atoms with van der Waals surface area (Å²) in [6.45, 7) is 0. The summed E-state index contributed by atoms with van der Waals surface area (Å²) in [5.41, 5.74) is 22.2. The first-order chi connectivity index (χ1) is 38.7. The third kappa shape index (κ3) is 7.71. The van der Waals surface area contributed by atoms with Crippen molar-refractivity contribution < 1.29 is 0 Å². The van der Waals surface area contributed by atoms with Gasteiger partial charge in [0.25, 0.3) is 0 Å². The Morgan fingerprint density at radius 1 is 0.321 bits per heavy atom. The second-order valence-electron chi connectivity index (χ2n) is 20.7. The lowest BCUT2D eigenvalue weighted by Crippen LogP contribution is -2.31. The monoisotopic (exact) mass is 996 g/mol. The molecule has 0 N–H and O–H groups in total. The molecule has 0 aliphatic heterocycles. The molecular formula is C76H56N2. The number of fused-ring (bicyclic) bond motifs is 6. The molecule has 0 amide bonds. The molecule has 0 heterocycles. The summed E-state index contributed by atoms with van der Waals surface area (Å²) in [4.78, 5) is 4.80. The fraction of sp³-hybridized carbons (Fsp3) is 0.0526. The Hall–Kier alpha value is -9.76. The van der Waals surface area contributed by atoms with E-state index in [4.69, 9.17) is 0 Å². The highest BCUT2D eigenvalue weighted by Gasteiger charge is 2.51. The minimum Gasteiger partial charge on any atom is -0.311 e. The molecule has 3 aliphatic rings. The van der Waals surface area contributed by atoms with Crippen LogP contribution in [0.5, 0.6) is 0 Å². The maximum atomic E-state index is 2.52. The quantitative estimate of drug-likeness (QED) is 0.113. The van der Waals surface area contributed by atoms with Crippen LogP contribution in [0.25, 0.3) is 23.3 Å². The van der Waals surface area contributed by atoms with E-state index in [1.807, 2.05) is 0 Å². The average molecular weight is 997 g/mol. The van der Waals surface area contributed by atoms with E-state index in [9.17, 15) is 0 Å². The van der Waals surface area contributed by atoms with Crippen LogP contribution >= 0.6 is 0 Å². The van der Waals surface area contributed by atoms with E-state index in [1.54, 1.807) is 0 Å². The van der Waals surface area contributed by atoms with Crippen LogP contribution in [0.1, 0.15) is 68.0 Å². The summed E-state index contributed by atoms with van der Waals surface area (Å²) in [7, 11) is 0. The van der Waals surface area contributed by atoms with E-state index >= 15 is 0 Å². The van der Waals surface area contributed by atoms with Crippen molar-refractivity contribution in [3.8, 4) is 11.1 Å². The van der Waals surface area contributed by atoms with Crippen molar-refractivity contribution in [2.24, 2.45) is 0 Å². The number of benzene rings is 11. The molecule has 1 unspecified atom stereocenters. The lowest BCUT2D eigenvalue weighted by molar-refractivity contribution is 0.688. The van der Waals surface area contributed by atoms with Crippen LogP contribution in [0.4, 0.5) is 28.4 Å². The Bertz CT molecular complexity index is 3860. The smallest absolute Gasteiger partial charge is 0.0714 e. The van der Waals surface area contributed by atoms with Crippen molar-refractivity contribution in [1.29, 1.82) is 0 Å². The van der Waals surface area contributed by atoms with Crippen LogP contribution in [-0.4, -0.2) is 0 Å². The van der Waals surface area contributed by atoms with Crippen LogP contribution in [0.15, 0.2) is 321 Å². The molecule has 3 aliphatic carbocycles. The SMILES string of the molecule is C1=C(N(c2ccccc2)c2ccccc2)C=C2C(C1)c1ccc(/C=C/c3ccc4c(c3)C(c3ccccc3)(c3ccccc3)c3cc(N(c5ccccc5)c5ccccc5)ccc3-4)cc1C2(c1ccccc1)c1ccccc1. The normalized spacial score (nSPS) is 15.3. The highest BCUT2D eigenvalue weighted by atomic mass is 15.2. The van der Waals surface area contributed by atoms with Gasteiger partial charge >= 0.3 is 0 Å². The molecule has 0 aromatic heterocycles. The molecule has 1 atom stereocenters. The van der Waals surface area contributed by atoms with Gasteiger partial charge in [-0.2, -0.15) is 0 Å². The van der Waals surface area contributed by atoms with Crippen molar-refractivity contribution in [2.45, 2.75) is 23.2 Å². The molecule has 78 heavy (non-hydrogen) atoms. The highest BCUT2D eigenvalue weighted by Crippen LogP contribution is 2.61. The van der Waals surface area contributed by atoms with E-state index in [0.29, 0.717) is 0 Å². The summed E-state index contributed by atoms with van der Waals surface area (Å²) in [6.07, 6.45) is 10.5. The zero-order valence-corrected chi connectivity index (χ0v) is 43.3. The van der Waals surface area contributed by atoms with E-state index in [-0.39, 0.29) is 5.92 Å². The zero-order valence-electron chi connectivity index (χ0n) is 43.3. The summed E-state index contributed by atoms with van der Waals surface area (Å²) in [5.74, 6) is 0.200. The van der Waals surface area contributed by atoms with Gasteiger partial charge in [-0.05, 0) is 158 Å². The lowest BCUT2D eigenvalue weighted by atomic mass is 9.66. The molecular weight excluding hydrogens is 941 g/mol. The third-order valence-electron chi connectivity index (χ3n) is 16.5. The number of anilines is 5. The second-order valence-corrected chi connectivity index (χ2v) is 20.7. The largest absolute Gasteiger partial charge is 0.311 e. The predicted molar refractivity (Wildman–Crippen MR) is 325 cm³/mol. The number of hydrogen-bond donors (Lipinski definition) is 0. The van der Waals surface area contributed by atoms with E-state index in [2.05, 4.69) is 331 Å². The standard InChI is InChI=1S/C76H56N2/c1-9-25-57(26-10-1)75(58-27-11-2-12-28-58)71-51-55(43-47-67(71)69-49-45-65(53-73(69)75)77(61-33-17-5-18-34-61)62-35-19-6-20-36-62)41-42-56-44-48-68-70-50-46-66(78(63-37-21-7-22-38-63)64-39-23-8-24-40-64)54-74(70)76(72(68)52-56,59-29-13-3-14-30-59)60-31-15-4-16-32-60/h1-49,51-54,70H,50H2/b42-41+.